The van der Waals surface area contributed by atoms with Crippen LogP contribution in [0.5, 0.6) is 5.75 Å². The Labute approximate surface area is 136 Å². The van der Waals surface area contributed by atoms with Crippen molar-refractivity contribution in [2.75, 3.05) is 6.61 Å². The summed E-state index contributed by atoms with van der Waals surface area (Å²) in [6.07, 6.45) is 15.3. The van der Waals surface area contributed by atoms with Gasteiger partial charge in [-0.1, -0.05) is 69.7 Å². The molecule has 1 heteroatoms. The summed E-state index contributed by atoms with van der Waals surface area (Å²) in [6, 6.07) is 8.68. The van der Waals surface area contributed by atoms with Crippen molar-refractivity contribution in [1.82, 2.24) is 0 Å². The highest BCUT2D eigenvalue weighted by Crippen LogP contribution is 2.33. The van der Waals surface area contributed by atoms with Gasteiger partial charge in [0.1, 0.15) is 12.4 Å². The molecule has 1 nitrogen and oxygen atoms in total. The van der Waals surface area contributed by atoms with Crippen LogP contribution in [0.25, 0.3) is 0 Å². The molecule has 0 heterocycles. The lowest BCUT2D eigenvalue weighted by Gasteiger charge is -2.28. The second-order valence-electron chi connectivity index (χ2n) is 6.74. The number of aryl methyl sites for hydroxylation is 1. The molecule has 1 aliphatic rings. The molecule has 22 heavy (non-hydrogen) atoms. The molecule has 1 aromatic rings. The van der Waals surface area contributed by atoms with Crippen LogP contribution in [0.3, 0.4) is 0 Å². The summed E-state index contributed by atoms with van der Waals surface area (Å²) in [6.45, 7) is 5.00. The molecule has 0 aromatic heterocycles. The van der Waals surface area contributed by atoms with E-state index >= 15 is 0 Å². The van der Waals surface area contributed by atoms with Gasteiger partial charge >= 0.3 is 0 Å². The third-order valence-corrected chi connectivity index (χ3v) is 5.01. The molecule has 0 radical (unpaired) electrons. The van der Waals surface area contributed by atoms with E-state index in [9.17, 15) is 0 Å². The normalized spacial score (nSPS) is 22.1. The van der Waals surface area contributed by atoms with E-state index in [1.165, 1.54) is 56.9 Å². The summed E-state index contributed by atoms with van der Waals surface area (Å²) in [7, 11) is 0. The van der Waals surface area contributed by atoms with Crippen molar-refractivity contribution in [2.24, 2.45) is 11.8 Å². The monoisotopic (exact) mass is 300 g/mol. The third-order valence-electron chi connectivity index (χ3n) is 5.01. The summed E-state index contributed by atoms with van der Waals surface area (Å²) >= 11 is 0. The average molecular weight is 300 g/mol. The van der Waals surface area contributed by atoms with Crippen molar-refractivity contribution in [3.8, 4) is 5.75 Å². The lowest BCUT2D eigenvalue weighted by atomic mass is 9.78. The fourth-order valence-corrected chi connectivity index (χ4v) is 3.58. The number of benzene rings is 1. The van der Waals surface area contributed by atoms with Crippen molar-refractivity contribution >= 4 is 0 Å². The van der Waals surface area contributed by atoms with Crippen molar-refractivity contribution in [3.05, 3.63) is 42.0 Å². The van der Waals surface area contributed by atoms with Crippen LogP contribution in [-0.4, -0.2) is 6.61 Å². The fourth-order valence-electron chi connectivity index (χ4n) is 3.58. The van der Waals surface area contributed by atoms with Crippen LogP contribution in [0, 0.1) is 11.8 Å². The van der Waals surface area contributed by atoms with E-state index in [0.29, 0.717) is 6.61 Å². The zero-order valence-corrected chi connectivity index (χ0v) is 14.4. The van der Waals surface area contributed by atoms with Gasteiger partial charge in [0.25, 0.3) is 0 Å². The largest absolute Gasteiger partial charge is 0.490 e. The lowest BCUT2D eigenvalue weighted by Crippen LogP contribution is -2.15. The molecule has 122 valence electrons. The van der Waals surface area contributed by atoms with E-state index in [0.717, 1.165) is 17.6 Å². The maximum Gasteiger partial charge on any atom is 0.119 e. The maximum atomic E-state index is 5.64. The highest BCUT2D eigenvalue weighted by Gasteiger charge is 2.20. The van der Waals surface area contributed by atoms with Gasteiger partial charge < -0.3 is 4.74 Å². The van der Waals surface area contributed by atoms with Crippen LogP contribution in [0.15, 0.2) is 36.4 Å². The van der Waals surface area contributed by atoms with E-state index in [1.807, 2.05) is 19.1 Å². The summed E-state index contributed by atoms with van der Waals surface area (Å²) in [5, 5.41) is 0. The van der Waals surface area contributed by atoms with Gasteiger partial charge in [-0.15, -0.1) is 0 Å². The molecule has 0 unspecified atom stereocenters. The number of ether oxygens (including phenoxy) is 1. The van der Waals surface area contributed by atoms with Crippen molar-refractivity contribution in [1.29, 1.82) is 0 Å². The molecule has 0 spiro atoms. The molecule has 1 aromatic carbocycles. The average Bonchev–Trinajstić information content (AvgIpc) is 2.56. The van der Waals surface area contributed by atoms with Crippen LogP contribution in [0.1, 0.15) is 64.4 Å². The summed E-state index contributed by atoms with van der Waals surface area (Å²) in [5.41, 5.74) is 1.45. The summed E-state index contributed by atoms with van der Waals surface area (Å²) < 4.78 is 5.64. The van der Waals surface area contributed by atoms with Crippen molar-refractivity contribution < 1.29 is 4.74 Å². The summed E-state index contributed by atoms with van der Waals surface area (Å²) in [4.78, 5) is 0. The van der Waals surface area contributed by atoms with Gasteiger partial charge in [-0.05, 0) is 49.3 Å². The first-order valence-corrected chi connectivity index (χ1v) is 9.14. The van der Waals surface area contributed by atoms with Crippen LogP contribution < -0.4 is 4.74 Å². The number of hydrogen-bond acceptors (Lipinski definition) is 1. The predicted molar refractivity (Wildman–Crippen MR) is 95.4 cm³/mol. The number of rotatable bonds is 8. The minimum absolute atomic E-state index is 0.664. The highest BCUT2D eigenvalue weighted by atomic mass is 16.5. The molecule has 1 fully saturated rings. The van der Waals surface area contributed by atoms with Crippen LogP contribution in [-0.2, 0) is 6.42 Å². The van der Waals surface area contributed by atoms with Gasteiger partial charge in [0.2, 0.25) is 0 Å². The van der Waals surface area contributed by atoms with E-state index in [2.05, 4.69) is 31.2 Å². The third kappa shape index (κ3) is 5.87. The first kappa shape index (κ1) is 17.1. The second kappa shape index (κ2) is 9.71. The molecule has 2 rings (SSSR count). The molecule has 0 bridgehead atoms. The Kier molecular flexibility index (Phi) is 7.56. The number of allylic oxidation sites excluding steroid dienone is 1. The molecule has 0 atom stereocenters. The topological polar surface area (TPSA) is 9.23 Å². The van der Waals surface area contributed by atoms with Crippen LogP contribution >= 0.6 is 0 Å². The molecule has 0 aliphatic heterocycles. The van der Waals surface area contributed by atoms with Gasteiger partial charge in [0.05, 0.1) is 0 Å². The first-order chi connectivity index (χ1) is 10.8. The van der Waals surface area contributed by atoms with E-state index in [4.69, 9.17) is 4.74 Å². The smallest absolute Gasteiger partial charge is 0.119 e. The van der Waals surface area contributed by atoms with E-state index in [-0.39, 0.29) is 0 Å². The Balaban J connectivity index is 1.69. The summed E-state index contributed by atoms with van der Waals surface area (Å²) in [5.74, 6) is 2.95. The Hall–Kier alpha value is -1.24. The predicted octanol–water partition coefficient (Wildman–Crippen LogP) is 6.18. The minimum Gasteiger partial charge on any atom is -0.490 e. The molecular formula is C21H32O. The molecule has 0 N–H and O–H groups in total. The molecule has 0 amide bonds. The Morgan fingerprint density at radius 2 is 1.64 bits per heavy atom. The zero-order chi connectivity index (χ0) is 15.6. The van der Waals surface area contributed by atoms with Gasteiger partial charge in [0, 0.05) is 0 Å². The van der Waals surface area contributed by atoms with Crippen LogP contribution in [0.4, 0.5) is 0 Å². The van der Waals surface area contributed by atoms with Crippen molar-refractivity contribution in [2.45, 2.75) is 65.2 Å². The first-order valence-electron chi connectivity index (χ1n) is 9.14. The van der Waals surface area contributed by atoms with Gasteiger partial charge in [-0.25, -0.2) is 0 Å². The molecule has 0 saturated heterocycles. The molecule has 1 saturated carbocycles. The van der Waals surface area contributed by atoms with Crippen LogP contribution in [0.2, 0.25) is 0 Å². The van der Waals surface area contributed by atoms with Gasteiger partial charge in [-0.3, -0.25) is 0 Å². The van der Waals surface area contributed by atoms with E-state index < -0.39 is 0 Å². The SMILES string of the molecule is CC=CCOc1ccc(CCC2CCC(CCC)CC2)cc1. The highest BCUT2D eigenvalue weighted by molar-refractivity contribution is 5.27. The fraction of sp³-hybridized carbons (Fsp3) is 0.619. The second-order valence-corrected chi connectivity index (χ2v) is 6.74. The van der Waals surface area contributed by atoms with E-state index in [1.54, 1.807) is 0 Å². The lowest BCUT2D eigenvalue weighted by molar-refractivity contribution is 0.252. The standard InChI is InChI=1S/C21H32O/c1-3-5-17-22-21-15-13-20(14-16-21)12-11-19-9-7-18(6-4-2)8-10-19/h3,5,13-16,18-19H,4,6-12,17H2,1-2H3. The maximum absolute atomic E-state index is 5.64. The molecular weight excluding hydrogens is 268 g/mol. The minimum atomic E-state index is 0.664. The molecule has 1 aliphatic carbocycles. The Morgan fingerprint density at radius 3 is 2.23 bits per heavy atom. The number of hydrogen-bond donors (Lipinski definition) is 0. The Bertz CT molecular complexity index is 424. The quantitative estimate of drug-likeness (QED) is 0.521. The van der Waals surface area contributed by atoms with Crippen molar-refractivity contribution in [3.63, 3.8) is 0 Å². The Morgan fingerprint density at radius 1 is 1.00 bits per heavy atom. The zero-order valence-electron chi connectivity index (χ0n) is 14.4. The van der Waals surface area contributed by atoms with Gasteiger partial charge in [-0.2, -0.15) is 0 Å². The van der Waals surface area contributed by atoms with Gasteiger partial charge in [0.15, 0.2) is 0 Å².